The van der Waals surface area contributed by atoms with Gasteiger partial charge < -0.3 is 15.2 Å². The molecule has 1 aliphatic rings. The Labute approximate surface area is 124 Å². The lowest BCUT2D eigenvalue weighted by atomic mass is 10.0. The number of rotatable bonds is 4. The number of fused-ring (bicyclic) bond motifs is 1. The van der Waals surface area contributed by atoms with Crippen LogP contribution in [0.25, 0.3) is 11.0 Å². The van der Waals surface area contributed by atoms with E-state index in [0.29, 0.717) is 17.5 Å². The van der Waals surface area contributed by atoms with Gasteiger partial charge >= 0.3 is 0 Å². The zero-order valence-corrected chi connectivity index (χ0v) is 12.6. The van der Waals surface area contributed by atoms with Crippen LogP contribution in [0.1, 0.15) is 32.6 Å². The van der Waals surface area contributed by atoms with E-state index in [-0.39, 0.29) is 5.82 Å². The van der Waals surface area contributed by atoms with Crippen LogP contribution in [-0.2, 0) is 6.54 Å². The number of nitrogen functional groups attached to an aromatic ring is 1. The lowest BCUT2D eigenvalue weighted by molar-refractivity contribution is 0.157. The molecule has 2 N–H and O–H groups in total. The molecule has 3 rings (SSSR count). The van der Waals surface area contributed by atoms with E-state index in [1.807, 2.05) is 10.6 Å². The zero-order chi connectivity index (χ0) is 14.8. The van der Waals surface area contributed by atoms with Crippen molar-refractivity contribution in [3.63, 3.8) is 0 Å². The number of aromatic nitrogens is 2. The predicted molar refractivity (Wildman–Crippen MR) is 83.6 cm³/mol. The smallest absolute Gasteiger partial charge is 0.201 e. The Morgan fingerprint density at radius 1 is 1.33 bits per heavy atom. The Bertz CT molecular complexity index is 622. The van der Waals surface area contributed by atoms with E-state index in [2.05, 4.69) is 16.8 Å². The van der Waals surface area contributed by atoms with Crippen molar-refractivity contribution >= 4 is 17.0 Å². The second-order valence-electron chi connectivity index (χ2n) is 5.96. The molecule has 1 saturated heterocycles. The largest absolute Gasteiger partial charge is 0.369 e. The third-order valence-electron chi connectivity index (χ3n) is 4.53. The van der Waals surface area contributed by atoms with Crippen molar-refractivity contribution in [2.24, 2.45) is 0 Å². The Kier molecular flexibility index (Phi) is 4.10. The molecular formula is C16H23FN4. The van der Waals surface area contributed by atoms with Gasteiger partial charge in [0.2, 0.25) is 5.95 Å². The standard InChI is InChI=1S/C16H23FN4/c1-12-6-2-3-9-20(12)10-5-11-21-14-8-4-7-13(17)15(14)19-16(21)18/h4,7-8,12H,2-3,5-6,9-11H2,1H3,(H2,18,19). The minimum Gasteiger partial charge on any atom is -0.369 e. The van der Waals surface area contributed by atoms with Crippen molar-refractivity contribution < 1.29 is 4.39 Å². The number of para-hydroxylation sites is 1. The van der Waals surface area contributed by atoms with Gasteiger partial charge in [-0.05, 0) is 44.9 Å². The first-order valence-electron chi connectivity index (χ1n) is 7.81. The number of anilines is 1. The van der Waals surface area contributed by atoms with Crippen molar-refractivity contribution in [2.45, 2.75) is 45.2 Å². The molecule has 114 valence electrons. The molecule has 0 radical (unpaired) electrons. The van der Waals surface area contributed by atoms with Crippen LogP contribution in [0.4, 0.5) is 10.3 Å². The molecule has 0 aliphatic carbocycles. The van der Waals surface area contributed by atoms with Crippen LogP contribution in [0.15, 0.2) is 18.2 Å². The molecule has 1 aromatic carbocycles. The summed E-state index contributed by atoms with van der Waals surface area (Å²) in [5.41, 5.74) is 7.11. The topological polar surface area (TPSA) is 47.1 Å². The number of nitrogens with two attached hydrogens (primary N) is 1. The summed E-state index contributed by atoms with van der Waals surface area (Å²) in [6.45, 7) is 5.34. The van der Waals surface area contributed by atoms with Crippen LogP contribution in [0.2, 0.25) is 0 Å². The van der Waals surface area contributed by atoms with Gasteiger partial charge in [-0.1, -0.05) is 12.5 Å². The summed E-state index contributed by atoms with van der Waals surface area (Å²) in [6.07, 6.45) is 4.94. The summed E-state index contributed by atoms with van der Waals surface area (Å²) >= 11 is 0. The van der Waals surface area contributed by atoms with Crippen LogP contribution >= 0.6 is 0 Å². The van der Waals surface area contributed by atoms with Crippen molar-refractivity contribution in [1.29, 1.82) is 0 Å². The SMILES string of the molecule is CC1CCCCN1CCCn1c(N)nc2c(F)cccc21. The molecule has 2 aromatic rings. The average Bonchev–Trinajstić information content (AvgIpc) is 2.79. The molecular weight excluding hydrogens is 267 g/mol. The normalized spacial score (nSPS) is 20.2. The Morgan fingerprint density at radius 2 is 2.19 bits per heavy atom. The Balaban J connectivity index is 1.68. The van der Waals surface area contributed by atoms with Crippen LogP contribution in [0.3, 0.4) is 0 Å². The molecule has 1 aromatic heterocycles. The lowest BCUT2D eigenvalue weighted by Gasteiger charge is -2.33. The average molecular weight is 290 g/mol. The summed E-state index contributed by atoms with van der Waals surface area (Å²) in [4.78, 5) is 6.69. The van der Waals surface area contributed by atoms with Crippen molar-refractivity contribution in [3.8, 4) is 0 Å². The third-order valence-corrected chi connectivity index (χ3v) is 4.53. The van der Waals surface area contributed by atoms with Crippen molar-refractivity contribution in [3.05, 3.63) is 24.0 Å². The molecule has 1 unspecified atom stereocenters. The minimum absolute atomic E-state index is 0.303. The molecule has 1 fully saturated rings. The number of benzene rings is 1. The number of hydrogen-bond donors (Lipinski definition) is 1. The molecule has 21 heavy (non-hydrogen) atoms. The van der Waals surface area contributed by atoms with Gasteiger partial charge in [-0.3, -0.25) is 0 Å². The predicted octanol–water partition coefficient (Wildman–Crippen LogP) is 3.02. The van der Waals surface area contributed by atoms with E-state index < -0.39 is 0 Å². The number of nitrogens with zero attached hydrogens (tertiary/aromatic N) is 3. The summed E-state index contributed by atoms with van der Waals surface area (Å²) in [5, 5.41) is 0. The number of likely N-dealkylation sites (tertiary alicyclic amines) is 1. The van der Waals surface area contributed by atoms with E-state index in [4.69, 9.17) is 5.73 Å². The quantitative estimate of drug-likeness (QED) is 0.941. The molecule has 1 aliphatic heterocycles. The van der Waals surface area contributed by atoms with E-state index in [0.717, 1.165) is 25.0 Å². The zero-order valence-electron chi connectivity index (χ0n) is 12.6. The Hall–Kier alpha value is -1.62. The number of aryl methyl sites for hydroxylation is 1. The highest BCUT2D eigenvalue weighted by Gasteiger charge is 2.18. The highest BCUT2D eigenvalue weighted by atomic mass is 19.1. The maximum Gasteiger partial charge on any atom is 0.201 e. The second kappa shape index (κ2) is 6.02. The Morgan fingerprint density at radius 3 is 3.00 bits per heavy atom. The summed E-state index contributed by atoms with van der Waals surface area (Å²) < 4.78 is 15.6. The molecule has 0 amide bonds. The fraction of sp³-hybridized carbons (Fsp3) is 0.562. The van der Waals surface area contributed by atoms with Crippen molar-refractivity contribution in [1.82, 2.24) is 14.5 Å². The summed E-state index contributed by atoms with van der Waals surface area (Å²) in [5.74, 6) is 0.101. The maximum absolute atomic E-state index is 13.7. The van der Waals surface area contributed by atoms with Gasteiger partial charge in [0.05, 0.1) is 5.52 Å². The van der Waals surface area contributed by atoms with E-state index in [1.165, 1.54) is 31.9 Å². The molecule has 0 saturated carbocycles. The van der Waals surface area contributed by atoms with Gasteiger partial charge in [0, 0.05) is 19.1 Å². The molecule has 5 heteroatoms. The first-order valence-corrected chi connectivity index (χ1v) is 7.81. The molecule has 4 nitrogen and oxygen atoms in total. The number of hydrogen-bond acceptors (Lipinski definition) is 3. The lowest BCUT2D eigenvalue weighted by Crippen LogP contribution is -2.38. The summed E-state index contributed by atoms with van der Waals surface area (Å²) in [6, 6.07) is 5.69. The van der Waals surface area contributed by atoms with Crippen LogP contribution < -0.4 is 5.73 Å². The fourth-order valence-corrected chi connectivity index (χ4v) is 3.29. The number of halogens is 1. The van der Waals surface area contributed by atoms with Crippen LogP contribution in [-0.4, -0.2) is 33.6 Å². The van der Waals surface area contributed by atoms with Gasteiger partial charge in [-0.2, -0.15) is 0 Å². The second-order valence-corrected chi connectivity index (χ2v) is 5.96. The van der Waals surface area contributed by atoms with Gasteiger partial charge in [0.1, 0.15) is 5.52 Å². The number of piperidine rings is 1. The van der Waals surface area contributed by atoms with E-state index in [1.54, 1.807) is 6.07 Å². The maximum atomic E-state index is 13.7. The molecule has 2 heterocycles. The number of imidazole rings is 1. The van der Waals surface area contributed by atoms with Gasteiger partial charge in [0.15, 0.2) is 5.82 Å². The molecule has 0 bridgehead atoms. The molecule has 0 spiro atoms. The monoisotopic (exact) mass is 290 g/mol. The van der Waals surface area contributed by atoms with Gasteiger partial charge in [-0.15, -0.1) is 0 Å². The van der Waals surface area contributed by atoms with Crippen LogP contribution in [0, 0.1) is 5.82 Å². The highest BCUT2D eigenvalue weighted by Crippen LogP contribution is 2.21. The van der Waals surface area contributed by atoms with Crippen molar-refractivity contribution in [2.75, 3.05) is 18.8 Å². The first kappa shape index (κ1) is 14.3. The van der Waals surface area contributed by atoms with E-state index >= 15 is 0 Å². The van der Waals surface area contributed by atoms with E-state index in [9.17, 15) is 4.39 Å². The third kappa shape index (κ3) is 2.88. The highest BCUT2D eigenvalue weighted by molar-refractivity contribution is 5.78. The fourth-order valence-electron chi connectivity index (χ4n) is 3.29. The molecule has 1 atom stereocenters. The van der Waals surface area contributed by atoms with Gasteiger partial charge in [0.25, 0.3) is 0 Å². The first-order chi connectivity index (χ1) is 10.2. The summed E-state index contributed by atoms with van der Waals surface area (Å²) in [7, 11) is 0. The minimum atomic E-state index is -0.303. The van der Waals surface area contributed by atoms with Crippen LogP contribution in [0.5, 0.6) is 0 Å². The van der Waals surface area contributed by atoms with Gasteiger partial charge in [-0.25, -0.2) is 9.37 Å².